The number of aromatic nitrogens is 2. The van der Waals surface area contributed by atoms with Gasteiger partial charge in [-0.15, -0.1) is 0 Å². The highest BCUT2D eigenvalue weighted by Crippen LogP contribution is 2.31. The van der Waals surface area contributed by atoms with E-state index < -0.39 is 5.97 Å². The maximum Gasteiger partial charge on any atom is 0.342 e. The third-order valence-electron chi connectivity index (χ3n) is 5.30. The second-order valence-corrected chi connectivity index (χ2v) is 7.31. The number of carbonyl (C=O) groups excluding carboxylic acids is 2. The number of anilines is 1. The number of carbonyl (C=O) groups is 2. The lowest BCUT2D eigenvalue weighted by Crippen LogP contribution is -2.38. The molecule has 1 amide bonds. The minimum absolute atomic E-state index is 0.0444. The van der Waals surface area contributed by atoms with Crippen LogP contribution < -0.4 is 4.90 Å². The number of aryl methyl sites for hydroxylation is 1. The molecule has 148 valence electrons. The second kappa shape index (κ2) is 7.54. The topological polar surface area (TPSA) is 64.4 Å². The van der Waals surface area contributed by atoms with Gasteiger partial charge in [0.2, 0.25) is 0 Å². The van der Waals surface area contributed by atoms with Crippen molar-refractivity contribution < 1.29 is 14.3 Å². The van der Waals surface area contributed by atoms with Crippen LogP contribution in [-0.4, -0.2) is 34.3 Å². The highest BCUT2D eigenvalue weighted by atomic mass is 16.5. The zero-order valence-corrected chi connectivity index (χ0v) is 16.8. The molecule has 2 heterocycles. The van der Waals surface area contributed by atoms with E-state index in [1.54, 1.807) is 16.5 Å². The number of ether oxygens (including phenoxy) is 1. The Morgan fingerprint density at radius 1 is 1.07 bits per heavy atom. The molecule has 0 aliphatic carbocycles. The van der Waals surface area contributed by atoms with Gasteiger partial charge in [0.05, 0.1) is 17.1 Å². The summed E-state index contributed by atoms with van der Waals surface area (Å²) >= 11 is 0. The monoisotopic (exact) mass is 389 g/mol. The van der Waals surface area contributed by atoms with Crippen LogP contribution in [0.15, 0.2) is 54.6 Å². The van der Waals surface area contributed by atoms with Crippen LogP contribution in [0, 0.1) is 13.8 Å². The molecular formula is C23H23N3O3. The molecule has 1 atom stereocenters. The number of hydrogen-bond donors (Lipinski definition) is 0. The average molecular weight is 389 g/mol. The van der Waals surface area contributed by atoms with Crippen molar-refractivity contribution in [3.8, 4) is 5.69 Å². The Balaban J connectivity index is 1.50. The maximum absolute atomic E-state index is 12.8. The number of benzene rings is 2. The molecule has 6 nitrogen and oxygen atoms in total. The van der Waals surface area contributed by atoms with Gasteiger partial charge in [-0.2, -0.15) is 5.10 Å². The van der Waals surface area contributed by atoms with E-state index in [0.717, 1.165) is 23.4 Å². The van der Waals surface area contributed by atoms with Crippen molar-refractivity contribution in [1.29, 1.82) is 0 Å². The molecule has 0 saturated carbocycles. The van der Waals surface area contributed by atoms with Crippen molar-refractivity contribution >= 4 is 17.6 Å². The summed E-state index contributed by atoms with van der Waals surface area (Å²) in [5, 5.41) is 4.47. The Morgan fingerprint density at radius 3 is 2.52 bits per heavy atom. The fourth-order valence-corrected chi connectivity index (χ4v) is 3.97. The number of esters is 1. The van der Waals surface area contributed by atoms with Gasteiger partial charge in [0.1, 0.15) is 5.56 Å². The van der Waals surface area contributed by atoms with Crippen LogP contribution in [0.25, 0.3) is 5.69 Å². The van der Waals surface area contributed by atoms with E-state index in [0.29, 0.717) is 17.0 Å². The minimum Gasteiger partial charge on any atom is -0.452 e. The van der Waals surface area contributed by atoms with Crippen molar-refractivity contribution in [1.82, 2.24) is 9.78 Å². The van der Waals surface area contributed by atoms with Crippen molar-refractivity contribution in [3.63, 3.8) is 0 Å². The summed E-state index contributed by atoms with van der Waals surface area (Å²) < 4.78 is 7.11. The van der Waals surface area contributed by atoms with Gasteiger partial charge in [0.15, 0.2) is 6.61 Å². The molecule has 1 aliphatic rings. The van der Waals surface area contributed by atoms with Gasteiger partial charge >= 0.3 is 5.97 Å². The average Bonchev–Trinajstić information content (AvgIpc) is 3.21. The molecule has 1 aliphatic heterocycles. The van der Waals surface area contributed by atoms with E-state index in [4.69, 9.17) is 4.74 Å². The van der Waals surface area contributed by atoms with E-state index in [1.165, 1.54) is 0 Å². The molecular weight excluding hydrogens is 366 g/mol. The first kappa shape index (κ1) is 18.9. The molecule has 0 N–H and O–H groups in total. The van der Waals surface area contributed by atoms with Gasteiger partial charge in [-0.25, -0.2) is 9.48 Å². The Morgan fingerprint density at radius 2 is 1.76 bits per heavy atom. The minimum atomic E-state index is -0.532. The van der Waals surface area contributed by atoms with Crippen molar-refractivity contribution in [2.45, 2.75) is 33.2 Å². The lowest BCUT2D eigenvalue weighted by molar-refractivity contribution is -0.122. The van der Waals surface area contributed by atoms with Crippen LogP contribution in [0.1, 0.15) is 34.2 Å². The van der Waals surface area contributed by atoms with Crippen molar-refractivity contribution in [2.24, 2.45) is 0 Å². The largest absolute Gasteiger partial charge is 0.452 e. The van der Waals surface area contributed by atoms with E-state index in [1.807, 2.05) is 68.4 Å². The molecule has 0 bridgehead atoms. The zero-order chi connectivity index (χ0) is 20.5. The number of rotatable bonds is 4. The predicted molar refractivity (Wildman–Crippen MR) is 110 cm³/mol. The molecule has 0 saturated heterocycles. The van der Waals surface area contributed by atoms with Gasteiger partial charge in [0.25, 0.3) is 5.91 Å². The van der Waals surface area contributed by atoms with Crippen LogP contribution in [-0.2, 0) is 16.0 Å². The zero-order valence-electron chi connectivity index (χ0n) is 16.8. The fraction of sp³-hybridized carbons (Fsp3) is 0.261. The van der Waals surface area contributed by atoms with Gasteiger partial charge in [-0.3, -0.25) is 4.79 Å². The first-order valence-electron chi connectivity index (χ1n) is 9.66. The lowest BCUT2D eigenvalue weighted by Gasteiger charge is -2.22. The van der Waals surface area contributed by atoms with Crippen LogP contribution in [0.4, 0.5) is 5.69 Å². The molecule has 6 heteroatoms. The highest BCUT2D eigenvalue weighted by molar-refractivity contribution is 5.99. The number of hydrogen-bond acceptors (Lipinski definition) is 4. The molecule has 1 aromatic heterocycles. The third-order valence-corrected chi connectivity index (χ3v) is 5.30. The number of amides is 1. The van der Waals surface area contributed by atoms with E-state index in [2.05, 4.69) is 5.10 Å². The van der Waals surface area contributed by atoms with Crippen molar-refractivity contribution in [2.75, 3.05) is 11.5 Å². The summed E-state index contributed by atoms with van der Waals surface area (Å²) in [6, 6.07) is 17.5. The number of fused-ring (bicyclic) bond motifs is 1. The highest BCUT2D eigenvalue weighted by Gasteiger charge is 2.31. The molecule has 0 spiro atoms. The van der Waals surface area contributed by atoms with Crippen LogP contribution >= 0.6 is 0 Å². The molecule has 1 unspecified atom stereocenters. The molecule has 3 aromatic rings. The predicted octanol–water partition coefficient (Wildman–Crippen LogP) is 3.62. The normalized spacial score (nSPS) is 15.3. The number of para-hydroxylation sites is 2. The van der Waals surface area contributed by atoms with E-state index in [-0.39, 0.29) is 18.6 Å². The second-order valence-electron chi connectivity index (χ2n) is 7.31. The lowest BCUT2D eigenvalue weighted by atomic mass is 10.1. The molecule has 29 heavy (non-hydrogen) atoms. The van der Waals surface area contributed by atoms with Crippen LogP contribution in [0.3, 0.4) is 0 Å². The van der Waals surface area contributed by atoms with Crippen LogP contribution in [0.2, 0.25) is 0 Å². The summed E-state index contributed by atoms with van der Waals surface area (Å²) in [7, 11) is 0. The first-order valence-corrected chi connectivity index (χ1v) is 9.66. The maximum atomic E-state index is 12.8. The van der Waals surface area contributed by atoms with E-state index in [9.17, 15) is 9.59 Å². The van der Waals surface area contributed by atoms with Gasteiger partial charge < -0.3 is 9.64 Å². The summed E-state index contributed by atoms with van der Waals surface area (Å²) in [5.41, 5.74) is 4.55. The van der Waals surface area contributed by atoms with E-state index >= 15 is 0 Å². The SMILES string of the molecule is Cc1nn(-c2ccccc2)c(C)c1C(=O)OCC(=O)N1c2ccccc2CC1C. The Bertz CT molecular complexity index is 1070. The first-order chi connectivity index (χ1) is 14.0. The van der Waals surface area contributed by atoms with Gasteiger partial charge in [0, 0.05) is 11.7 Å². The van der Waals surface area contributed by atoms with Crippen molar-refractivity contribution in [3.05, 3.63) is 77.1 Å². The summed E-state index contributed by atoms with van der Waals surface area (Å²) in [6.45, 7) is 5.29. The van der Waals surface area contributed by atoms with Gasteiger partial charge in [-0.1, -0.05) is 36.4 Å². The standard InChI is InChI=1S/C23H23N3O3/c1-15-13-18-9-7-8-12-20(18)25(15)21(27)14-29-23(28)22-16(2)24-26(17(22)3)19-10-5-4-6-11-19/h4-12,15H,13-14H2,1-3H3. The fourth-order valence-electron chi connectivity index (χ4n) is 3.97. The molecule has 0 radical (unpaired) electrons. The molecule has 0 fully saturated rings. The third kappa shape index (κ3) is 3.42. The number of nitrogens with zero attached hydrogens (tertiary/aromatic N) is 3. The Labute approximate surface area is 169 Å². The summed E-state index contributed by atoms with van der Waals surface area (Å²) in [5.74, 6) is -0.753. The summed E-state index contributed by atoms with van der Waals surface area (Å²) in [4.78, 5) is 27.2. The summed E-state index contributed by atoms with van der Waals surface area (Å²) in [6.07, 6.45) is 0.803. The molecule has 2 aromatic carbocycles. The Kier molecular flexibility index (Phi) is 4.92. The quantitative estimate of drug-likeness (QED) is 0.639. The van der Waals surface area contributed by atoms with Crippen LogP contribution in [0.5, 0.6) is 0 Å². The van der Waals surface area contributed by atoms with Gasteiger partial charge in [-0.05, 0) is 51.0 Å². The molecule has 4 rings (SSSR count). The smallest absolute Gasteiger partial charge is 0.342 e. The Hall–Kier alpha value is -3.41.